The molecule has 12 heteroatoms. The number of carbonyl (C=O) groups is 2. The number of nitrogens with zero attached hydrogens (tertiary/aromatic N) is 1. The number of methoxy groups -OCH3 is 1. The predicted molar refractivity (Wildman–Crippen MR) is 137 cm³/mol. The van der Waals surface area contributed by atoms with E-state index in [9.17, 15) is 14.0 Å². The van der Waals surface area contributed by atoms with E-state index in [4.69, 9.17) is 9.47 Å². The van der Waals surface area contributed by atoms with Gasteiger partial charge in [-0.25, -0.2) is 4.39 Å². The molecule has 6 unspecified atom stereocenters. The average Bonchev–Trinajstić information content (AvgIpc) is 2.93. The molecule has 0 aromatic rings. The van der Waals surface area contributed by atoms with Crippen molar-refractivity contribution in [2.24, 2.45) is 17.8 Å². The fraction of sp³-hybridized carbons (Fsp3) is 0.920. The predicted octanol–water partition coefficient (Wildman–Crippen LogP) is -0.943. The van der Waals surface area contributed by atoms with Crippen LogP contribution in [0.25, 0.3) is 0 Å². The number of esters is 1. The molecule has 212 valence electrons. The Morgan fingerprint density at radius 2 is 1.78 bits per heavy atom. The Morgan fingerprint density at radius 3 is 2.43 bits per heavy atom. The van der Waals surface area contributed by atoms with Gasteiger partial charge in [0, 0.05) is 58.8 Å². The molecule has 0 aromatic heterocycles. The number of alkyl halides is 1. The van der Waals surface area contributed by atoms with Crippen LogP contribution in [0.4, 0.5) is 4.39 Å². The molecule has 3 heterocycles. The van der Waals surface area contributed by atoms with Gasteiger partial charge in [0.05, 0.1) is 36.9 Å². The van der Waals surface area contributed by atoms with Gasteiger partial charge in [0.25, 0.3) is 0 Å². The molecule has 1 saturated carbocycles. The minimum Gasteiger partial charge on any atom is -0.466 e. The molecule has 3 saturated heterocycles. The van der Waals surface area contributed by atoms with Crippen LogP contribution in [0.5, 0.6) is 0 Å². The second-order valence-electron chi connectivity index (χ2n) is 10.7. The fourth-order valence-electron chi connectivity index (χ4n) is 6.44. The van der Waals surface area contributed by atoms with Crippen LogP contribution >= 0.6 is 0 Å². The number of carbonyl (C=O) groups excluding carboxylic acids is 2. The highest BCUT2D eigenvalue weighted by atomic mass is 19.1. The van der Waals surface area contributed by atoms with Crippen LogP contribution in [-0.2, 0) is 19.1 Å². The van der Waals surface area contributed by atoms with Crippen molar-refractivity contribution >= 4 is 11.9 Å². The molecule has 6 atom stereocenters. The van der Waals surface area contributed by atoms with E-state index in [0.29, 0.717) is 26.2 Å². The van der Waals surface area contributed by atoms with Gasteiger partial charge in [0.1, 0.15) is 12.5 Å². The number of rotatable bonds is 8. The lowest BCUT2D eigenvalue weighted by atomic mass is 9.80. The van der Waals surface area contributed by atoms with Crippen molar-refractivity contribution < 1.29 is 23.5 Å². The molecule has 37 heavy (non-hydrogen) atoms. The SMILES string of the molecule is CCOC(=O)C1CCN(C2NCC(C(=O)NC)C(NC3CCCC(C4NCC(F)CN4)C3OC)N2)CC1. The third kappa shape index (κ3) is 6.97. The zero-order chi connectivity index (χ0) is 26.4. The van der Waals surface area contributed by atoms with Crippen LogP contribution in [0.2, 0.25) is 0 Å². The normalized spacial score (nSPS) is 38.2. The van der Waals surface area contributed by atoms with E-state index in [1.54, 1.807) is 14.2 Å². The Labute approximate surface area is 219 Å². The Kier molecular flexibility index (Phi) is 10.5. The minimum atomic E-state index is -0.874. The maximum absolute atomic E-state index is 13.7. The molecule has 1 aliphatic carbocycles. The summed E-state index contributed by atoms with van der Waals surface area (Å²) in [5.74, 6) is -0.282. The van der Waals surface area contributed by atoms with Crippen molar-refractivity contribution in [3.63, 3.8) is 0 Å². The molecule has 6 N–H and O–H groups in total. The molecular formula is C25H46FN7O4. The number of likely N-dealkylation sites (tertiary alicyclic amines) is 1. The monoisotopic (exact) mass is 527 g/mol. The number of hydrogen-bond acceptors (Lipinski definition) is 10. The lowest BCUT2D eigenvalue weighted by molar-refractivity contribution is -0.150. The summed E-state index contributed by atoms with van der Waals surface area (Å²) in [5.41, 5.74) is 0. The molecule has 4 aliphatic rings. The van der Waals surface area contributed by atoms with Crippen LogP contribution in [0, 0.1) is 17.8 Å². The summed E-state index contributed by atoms with van der Waals surface area (Å²) in [5, 5.41) is 20.3. The number of halogens is 1. The summed E-state index contributed by atoms with van der Waals surface area (Å²) in [4.78, 5) is 27.2. The molecule has 0 spiro atoms. The second-order valence-corrected chi connectivity index (χ2v) is 10.7. The average molecular weight is 528 g/mol. The first-order chi connectivity index (χ1) is 17.9. The highest BCUT2D eigenvalue weighted by molar-refractivity contribution is 5.79. The van der Waals surface area contributed by atoms with E-state index in [0.717, 1.165) is 45.2 Å². The van der Waals surface area contributed by atoms with E-state index >= 15 is 0 Å². The third-order valence-corrected chi connectivity index (χ3v) is 8.45. The summed E-state index contributed by atoms with van der Waals surface area (Å²) in [7, 11) is 3.40. The second kappa shape index (κ2) is 13.6. The maximum atomic E-state index is 13.7. The van der Waals surface area contributed by atoms with E-state index < -0.39 is 6.17 Å². The molecule has 0 bridgehead atoms. The summed E-state index contributed by atoms with van der Waals surface area (Å²) >= 11 is 0. The maximum Gasteiger partial charge on any atom is 0.309 e. The first kappa shape index (κ1) is 28.6. The molecule has 11 nitrogen and oxygen atoms in total. The zero-order valence-corrected chi connectivity index (χ0v) is 22.4. The van der Waals surface area contributed by atoms with E-state index in [1.165, 1.54) is 0 Å². The van der Waals surface area contributed by atoms with Crippen molar-refractivity contribution in [3.8, 4) is 0 Å². The van der Waals surface area contributed by atoms with E-state index in [1.807, 2.05) is 6.92 Å². The number of nitrogens with one attached hydrogen (secondary N) is 6. The first-order valence-electron chi connectivity index (χ1n) is 14.0. The summed E-state index contributed by atoms with van der Waals surface area (Å²) < 4.78 is 24.9. The topological polar surface area (TPSA) is 128 Å². The van der Waals surface area contributed by atoms with Gasteiger partial charge in [0.2, 0.25) is 5.91 Å². The Morgan fingerprint density at radius 1 is 1.05 bits per heavy atom. The first-order valence-corrected chi connectivity index (χ1v) is 14.0. The van der Waals surface area contributed by atoms with Crippen molar-refractivity contribution in [2.45, 2.75) is 76.0 Å². The van der Waals surface area contributed by atoms with Crippen LogP contribution in [0.3, 0.4) is 0 Å². The third-order valence-electron chi connectivity index (χ3n) is 8.45. The van der Waals surface area contributed by atoms with Gasteiger partial charge in [-0.2, -0.15) is 0 Å². The van der Waals surface area contributed by atoms with Crippen LogP contribution in [-0.4, -0.2) is 107 Å². The Balaban J connectivity index is 1.40. The summed E-state index contributed by atoms with van der Waals surface area (Å²) in [6.07, 6.45) is 3.18. The van der Waals surface area contributed by atoms with Crippen LogP contribution < -0.4 is 31.9 Å². The zero-order valence-electron chi connectivity index (χ0n) is 22.4. The van der Waals surface area contributed by atoms with Gasteiger partial charge < -0.3 is 14.8 Å². The smallest absolute Gasteiger partial charge is 0.309 e. The van der Waals surface area contributed by atoms with Gasteiger partial charge in [-0.3, -0.25) is 41.1 Å². The van der Waals surface area contributed by atoms with E-state index in [2.05, 4.69) is 36.8 Å². The highest BCUT2D eigenvalue weighted by Crippen LogP contribution is 2.31. The Bertz CT molecular complexity index is 749. The molecule has 0 radical (unpaired) electrons. The van der Waals surface area contributed by atoms with Gasteiger partial charge in [0.15, 0.2) is 0 Å². The lowest BCUT2D eigenvalue weighted by Crippen LogP contribution is -2.73. The number of hydrogen-bond donors (Lipinski definition) is 6. The quantitative estimate of drug-likeness (QED) is 0.220. The lowest BCUT2D eigenvalue weighted by Gasteiger charge is -2.48. The van der Waals surface area contributed by atoms with Crippen molar-refractivity contribution in [2.75, 3.05) is 53.5 Å². The van der Waals surface area contributed by atoms with Crippen molar-refractivity contribution in [1.82, 2.24) is 36.8 Å². The summed E-state index contributed by atoms with van der Waals surface area (Å²) in [6.45, 7) is 5.02. The standard InChI is InChI=1S/C25H46FN7O4/c1-4-37-24(35)15-8-10-33(11-9-15)25-30-14-18(23(34)27-2)22(32-25)31-19-7-5-6-17(20(19)36-3)21-28-12-16(26)13-29-21/h15-22,25,28-32H,4-14H2,1-3H3,(H,27,34). The molecule has 4 rings (SSSR count). The van der Waals surface area contributed by atoms with E-state index in [-0.39, 0.29) is 60.4 Å². The van der Waals surface area contributed by atoms with Crippen molar-refractivity contribution in [1.29, 1.82) is 0 Å². The number of piperidine rings is 1. The minimum absolute atomic E-state index is 0.00529. The van der Waals surface area contributed by atoms with Gasteiger partial charge in [-0.05, 0) is 32.6 Å². The van der Waals surface area contributed by atoms with Crippen LogP contribution in [0.1, 0.15) is 39.0 Å². The van der Waals surface area contributed by atoms with Gasteiger partial charge in [-0.15, -0.1) is 0 Å². The number of ether oxygens (including phenoxy) is 2. The molecular weight excluding hydrogens is 481 g/mol. The Hall–Kier alpha value is -1.41. The number of amides is 1. The molecule has 1 amide bonds. The highest BCUT2D eigenvalue weighted by Gasteiger charge is 2.43. The molecule has 3 aliphatic heterocycles. The van der Waals surface area contributed by atoms with Crippen LogP contribution in [0.15, 0.2) is 0 Å². The van der Waals surface area contributed by atoms with Gasteiger partial charge in [-0.1, -0.05) is 6.42 Å². The summed E-state index contributed by atoms with van der Waals surface area (Å²) in [6, 6.07) is 0.0495. The molecule has 4 fully saturated rings. The fourth-order valence-corrected chi connectivity index (χ4v) is 6.44. The van der Waals surface area contributed by atoms with Crippen molar-refractivity contribution in [3.05, 3.63) is 0 Å². The van der Waals surface area contributed by atoms with Gasteiger partial charge >= 0.3 is 5.97 Å². The largest absolute Gasteiger partial charge is 0.466 e. The molecule has 0 aromatic carbocycles.